The largest absolute Gasteiger partial charge is 0.377 e. The van der Waals surface area contributed by atoms with Crippen molar-refractivity contribution in [3.8, 4) is 0 Å². The second-order valence-electron chi connectivity index (χ2n) is 2.42. The number of aliphatic hydroxyl groups excluding tert-OH is 1. The topological polar surface area (TPSA) is 32.3 Å². The van der Waals surface area contributed by atoms with Gasteiger partial charge >= 0.3 is 0 Å². The van der Waals surface area contributed by atoms with Gasteiger partial charge in [-0.05, 0) is 24.6 Å². The van der Waals surface area contributed by atoms with Gasteiger partial charge in [0.25, 0.3) is 0 Å². The molecular weight excluding hydrogens is 197 g/mol. The van der Waals surface area contributed by atoms with Crippen molar-refractivity contribution < 1.29 is 5.11 Å². The number of rotatable bonds is 2. The van der Waals surface area contributed by atoms with Gasteiger partial charge in [-0.1, -0.05) is 23.2 Å². The summed E-state index contributed by atoms with van der Waals surface area (Å²) >= 11 is 11.7. The summed E-state index contributed by atoms with van der Waals surface area (Å²) in [6.07, 6.45) is 0. The Morgan fingerprint density at radius 3 is 2.58 bits per heavy atom. The Bertz CT molecular complexity index is 289. The van der Waals surface area contributed by atoms with Crippen LogP contribution in [0.15, 0.2) is 12.1 Å². The molecule has 0 radical (unpaired) electrons. The average molecular weight is 206 g/mol. The van der Waals surface area contributed by atoms with Crippen LogP contribution in [0.5, 0.6) is 0 Å². The summed E-state index contributed by atoms with van der Waals surface area (Å²) in [5.74, 6) is 0. The molecule has 2 N–H and O–H groups in total. The third-order valence-corrected chi connectivity index (χ3v) is 2.24. The van der Waals surface area contributed by atoms with Crippen LogP contribution in [0.25, 0.3) is 0 Å². The molecule has 0 atom stereocenters. The maximum atomic E-state index is 8.59. The minimum Gasteiger partial charge on any atom is -0.377 e. The van der Waals surface area contributed by atoms with Gasteiger partial charge in [0.15, 0.2) is 0 Å². The fraction of sp³-hybridized carbons (Fsp3) is 0.250. The van der Waals surface area contributed by atoms with Crippen LogP contribution < -0.4 is 5.32 Å². The van der Waals surface area contributed by atoms with E-state index in [1.165, 1.54) is 0 Å². The van der Waals surface area contributed by atoms with Crippen molar-refractivity contribution in [1.82, 2.24) is 0 Å². The van der Waals surface area contributed by atoms with Gasteiger partial charge in [-0.2, -0.15) is 0 Å². The minimum absolute atomic E-state index is 0.154. The first-order valence-electron chi connectivity index (χ1n) is 3.45. The molecule has 0 unspecified atom stereocenters. The molecule has 0 fully saturated rings. The monoisotopic (exact) mass is 205 g/mol. The molecule has 66 valence electrons. The molecule has 4 heteroatoms. The molecule has 0 aliphatic rings. The Hall–Kier alpha value is -0.440. The van der Waals surface area contributed by atoms with Crippen molar-refractivity contribution in [1.29, 1.82) is 0 Å². The molecule has 12 heavy (non-hydrogen) atoms. The molecule has 0 saturated heterocycles. The van der Waals surface area contributed by atoms with Gasteiger partial charge in [-0.15, -0.1) is 0 Å². The summed E-state index contributed by atoms with van der Waals surface area (Å²) in [6.45, 7) is 1.72. The summed E-state index contributed by atoms with van der Waals surface area (Å²) in [7, 11) is 0. The van der Waals surface area contributed by atoms with Crippen molar-refractivity contribution in [3.05, 3.63) is 27.7 Å². The molecule has 2 nitrogen and oxygen atoms in total. The number of nitrogens with one attached hydrogen (secondary N) is 1. The van der Waals surface area contributed by atoms with Gasteiger partial charge in [0.05, 0.1) is 10.7 Å². The maximum absolute atomic E-state index is 8.59. The number of aryl methyl sites for hydroxylation is 1. The SMILES string of the molecule is Cc1cc(Cl)c(NCO)cc1Cl. The van der Waals surface area contributed by atoms with Crippen LogP contribution in [0.1, 0.15) is 5.56 Å². The third kappa shape index (κ3) is 2.03. The Kier molecular flexibility index (Phi) is 3.20. The lowest BCUT2D eigenvalue weighted by Crippen LogP contribution is -2.00. The fourth-order valence-corrected chi connectivity index (χ4v) is 1.32. The standard InChI is InChI=1S/C8H9Cl2NO/c1-5-2-7(10)8(11-4-12)3-6(5)9/h2-3,11-12H,4H2,1H3. The van der Waals surface area contributed by atoms with E-state index in [2.05, 4.69) is 5.32 Å². The molecule has 0 amide bonds. The number of halogens is 2. The predicted molar refractivity (Wildman–Crippen MR) is 51.9 cm³/mol. The van der Waals surface area contributed by atoms with E-state index in [0.29, 0.717) is 15.7 Å². The van der Waals surface area contributed by atoms with Crippen molar-refractivity contribution in [2.75, 3.05) is 12.0 Å². The summed E-state index contributed by atoms with van der Waals surface area (Å²) in [6, 6.07) is 3.44. The second kappa shape index (κ2) is 3.99. The van der Waals surface area contributed by atoms with E-state index >= 15 is 0 Å². The molecule has 0 aromatic heterocycles. The van der Waals surface area contributed by atoms with Gasteiger partial charge in [-0.3, -0.25) is 0 Å². The van der Waals surface area contributed by atoms with Gasteiger partial charge in [-0.25, -0.2) is 0 Å². The number of anilines is 1. The van der Waals surface area contributed by atoms with Crippen LogP contribution in [0.3, 0.4) is 0 Å². The smallest absolute Gasteiger partial charge is 0.113 e. The lowest BCUT2D eigenvalue weighted by Gasteiger charge is -2.07. The number of hydrogen-bond donors (Lipinski definition) is 2. The van der Waals surface area contributed by atoms with Crippen molar-refractivity contribution in [2.24, 2.45) is 0 Å². The van der Waals surface area contributed by atoms with Crippen molar-refractivity contribution in [3.63, 3.8) is 0 Å². The Morgan fingerprint density at radius 2 is 2.00 bits per heavy atom. The normalized spacial score (nSPS) is 10.0. The van der Waals surface area contributed by atoms with E-state index < -0.39 is 0 Å². The zero-order valence-electron chi connectivity index (χ0n) is 6.56. The molecule has 0 heterocycles. The predicted octanol–water partition coefficient (Wildman–Crippen LogP) is 2.66. The van der Waals surface area contributed by atoms with Crippen LogP contribution in [0, 0.1) is 6.92 Å². The zero-order valence-corrected chi connectivity index (χ0v) is 8.08. The van der Waals surface area contributed by atoms with Crippen LogP contribution in [-0.4, -0.2) is 11.8 Å². The van der Waals surface area contributed by atoms with Crippen LogP contribution in [0.2, 0.25) is 10.0 Å². The molecule has 1 aromatic rings. The maximum Gasteiger partial charge on any atom is 0.113 e. The first kappa shape index (κ1) is 9.65. The fourth-order valence-electron chi connectivity index (χ4n) is 0.867. The number of hydrogen-bond acceptors (Lipinski definition) is 2. The highest BCUT2D eigenvalue weighted by Crippen LogP contribution is 2.28. The Balaban J connectivity index is 3.05. The minimum atomic E-state index is -0.154. The molecule has 1 aromatic carbocycles. The van der Waals surface area contributed by atoms with E-state index in [-0.39, 0.29) is 6.73 Å². The van der Waals surface area contributed by atoms with Gasteiger partial charge in [0.2, 0.25) is 0 Å². The lowest BCUT2D eigenvalue weighted by molar-refractivity contribution is 0.325. The Morgan fingerprint density at radius 1 is 1.33 bits per heavy atom. The molecule has 0 bridgehead atoms. The lowest BCUT2D eigenvalue weighted by atomic mass is 10.2. The molecule has 0 spiro atoms. The highest BCUT2D eigenvalue weighted by molar-refractivity contribution is 6.35. The molecular formula is C8H9Cl2NO. The van der Waals surface area contributed by atoms with Crippen LogP contribution in [0.4, 0.5) is 5.69 Å². The highest BCUT2D eigenvalue weighted by atomic mass is 35.5. The van der Waals surface area contributed by atoms with E-state index in [0.717, 1.165) is 5.56 Å². The second-order valence-corrected chi connectivity index (χ2v) is 3.23. The molecule has 0 aliphatic carbocycles. The van der Waals surface area contributed by atoms with E-state index in [4.69, 9.17) is 28.3 Å². The van der Waals surface area contributed by atoms with Crippen LogP contribution >= 0.6 is 23.2 Å². The summed E-state index contributed by atoms with van der Waals surface area (Å²) in [5.41, 5.74) is 1.57. The van der Waals surface area contributed by atoms with E-state index in [9.17, 15) is 0 Å². The van der Waals surface area contributed by atoms with Crippen molar-refractivity contribution in [2.45, 2.75) is 6.92 Å². The summed E-state index contributed by atoms with van der Waals surface area (Å²) in [5, 5.41) is 12.5. The average Bonchev–Trinajstić information content (AvgIpc) is 2.01. The number of aliphatic hydroxyl groups is 1. The van der Waals surface area contributed by atoms with E-state index in [1.54, 1.807) is 12.1 Å². The van der Waals surface area contributed by atoms with Gasteiger partial charge in [0.1, 0.15) is 6.73 Å². The quantitative estimate of drug-likeness (QED) is 0.729. The van der Waals surface area contributed by atoms with E-state index in [1.807, 2.05) is 6.92 Å². The van der Waals surface area contributed by atoms with Gasteiger partial charge in [0, 0.05) is 5.02 Å². The first-order chi connectivity index (χ1) is 5.65. The van der Waals surface area contributed by atoms with Crippen LogP contribution in [-0.2, 0) is 0 Å². The number of benzene rings is 1. The summed E-state index contributed by atoms with van der Waals surface area (Å²) in [4.78, 5) is 0. The highest BCUT2D eigenvalue weighted by Gasteiger charge is 2.02. The zero-order chi connectivity index (χ0) is 9.14. The summed E-state index contributed by atoms with van der Waals surface area (Å²) < 4.78 is 0. The Labute approximate surface area is 81.1 Å². The van der Waals surface area contributed by atoms with Gasteiger partial charge < -0.3 is 10.4 Å². The van der Waals surface area contributed by atoms with Crippen molar-refractivity contribution >= 4 is 28.9 Å². The third-order valence-electron chi connectivity index (χ3n) is 1.52. The molecule has 0 saturated carbocycles. The first-order valence-corrected chi connectivity index (χ1v) is 4.21. The molecule has 1 rings (SSSR count). The molecule has 0 aliphatic heterocycles.